The van der Waals surface area contributed by atoms with E-state index < -0.39 is 0 Å². The van der Waals surface area contributed by atoms with Gasteiger partial charge in [0, 0.05) is 19.5 Å². The predicted molar refractivity (Wildman–Crippen MR) is 68.1 cm³/mol. The van der Waals surface area contributed by atoms with Crippen LogP contribution in [-0.2, 0) is 14.3 Å². The van der Waals surface area contributed by atoms with Crippen LogP contribution in [0, 0.1) is 0 Å². The van der Waals surface area contributed by atoms with Crippen LogP contribution in [0.25, 0.3) is 0 Å². The van der Waals surface area contributed by atoms with E-state index in [1.807, 2.05) is 0 Å². The number of rotatable bonds is 4. The number of carbonyl (C=O) groups excluding carboxylic acids is 1. The van der Waals surface area contributed by atoms with Crippen LogP contribution in [-0.4, -0.2) is 44.4 Å². The highest BCUT2D eigenvalue weighted by molar-refractivity contribution is 5.76. The minimum Gasteiger partial charge on any atom is -0.496 e. The molecule has 0 aromatic heterocycles. The van der Waals surface area contributed by atoms with Crippen molar-refractivity contribution >= 4 is 5.91 Å². The first-order valence-electron chi connectivity index (χ1n) is 6.71. The Balaban J connectivity index is 1.69. The molecule has 2 rings (SSSR count). The van der Waals surface area contributed by atoms with Crippen molar-refractivity contribution in [3.8, 4) is 0 Å². The molecule has 2 aliphatic heterocycles. The van der Waals surface area contributed by atoms with Crippen LogP contribution in [0.1, 0.15) is 26.2 Å². The molecule has 2 unspecified atom stereocenters. The van der Waals surface area contributed by atoms with E-state index >= 15 is 0 Å². The molecule has 1 amide bonds. The largest absolute Gasteiger partial charge is 0.496 e. The summed E-state index contributed by atoms with van der Waals surface area (Å²) in [6.45, 7) is 4.97. The van der Waals surface area contributed by atoms with Gasteiger partial charge in [-0.3, -0.25) is 4.79 Å². The van der Waals surface area contributed by atoms with Crippen molar-refractivity contribution < 1.29 is 14.3 Å². The number of allylic oxidation sites excluding steroid dienone is 1. The molecule has 102 valence electrons. The summed E-state index contributed by atoms with van der Waals surface area (Å²) in [6.07, 6.45) is 4.27. The van der Waals surface area contributed by atoms with Crippen LogP contribution in [0.2, 0.25) is 0 Å². The van der Waals surface area contributed by atoms with Gasteiger partial charge in [0.2, 0.25) is 5.91 Å². The van der Waals surface area contributed by atoms with Crippen LogP contribution in [0.4, 0.5) is 0 Å². The first-order chi connectivity index (χ1) is 8.78. The van der Waals surface area contributed by atoms with E-state index in [0.717, 1.165) is 31.7 Å². The quantitative estimate of drug-likeness (QED) is 0.770. The molecule has 0 aliphatic carbocycles. The van der Waals surface area contributed by atoms with Gasteiger partial charge in [-0.05, 0) is 12.5 Å². The topological polar surface area (TPSA) is 59.6 Å². The van der Waals surface area contributed by atoms with Crippen molar-refractivity contribution in [3.05, 3.63) is 11.8 Å². The minimum atomic E-state index is 0.00463. The molecule has 1 fully saturated rings. The molecule has 0 aromatic rings. The molecule has 2 atom stereocenters. The Morgan fingerprint density at radius 3 is 3.11 bits per heavy atom. The van der Waals surface area contributed by atoms with Crippen molar-refractivity contribution in [2.75, 3.05) is 26.3 Å². The van der Waals surface area contributed by atoms with Gasteiger partial charge >= 0.3 is 0 Å². The molecule has 5 nitrogen and oxygen atoms in total. The summed E-state index contributed by atoms with van der Waals surface area (Å²) in [7, 11) is 0. The molecular formula is C13H22N2O3. The minimum absolute atomic E-state index is 0.00463. The average Bonchev–Trinajstić information content (AvgIpc) is 2.40. The summed E-state index contributed by atoms with van der Waals surface area (Å²) in [5.41, 5.74) is 0. The summed E-state index contributed by atoms with van der Waals surface area (Å²) in [6, 6.07) is 0.101. The first kappa shape index (κ1) is 13.4. The van der Waals surface area contributed by atoms with Crippen LogP contribution in [0.5, 0.6) is 0 Å². The summed E-state index contributed by atoms with van der Waals surface area (Å²) < 4.78 is 11.0. The van der Waals surface area contributed by atoms with E-state index in [1.165, 1.54) is 0 Å². The van der Waals surface area contributed by atoms with Crippen molar-refractivity contribution in [3.63, 3.8) is 0 Å². The smallest absolute Gasteiger partial charge is 0.223 e. The lowest BCUT2D eigenvalue weighted by Gasteiger charge is -2.26. The average molecular weight is 254 g/mol. The molecule has 0 aromatic carbocycles. The van der Waals surface area contributed by atoms with Crippen molar-refractivity contribution in [2.24, 2.45) is 0 Å². The van der Waals surface area contributed by atoms with Crippen LogP contribution < -0.4 is 10.6 Å². The van der Waals surface area contributed by atoms with Gasteiger partial charge in [0.05, 0.1) is 30.9 Å². The maximum Gasteiger partial charge on any atom is 0.223 e. The third-order valence-corrected chi connectivity index (χ3v) is 3.23. The molecule has 0 bridgehead atoms. The van der Waals surface area contributed by atoms with Crippen molar-refractivity contribution in [1.82, 2.24) is 10.6 Å². The lowest BCUT2D eigenvalue weighted by atomic mass is 10.1. The van der Waals surface area contributed by atoms with Gasteiger partial charge in [0.25, 0.3) is 0 Å². The molecule has 2 heterocycles. The van der Waals surface area contributed by atoms with Crippen molar-refractivity contribution in [1.29, 1.82) is 0 Å². The van der Waals surface area contributed by atoms with Gasteiger partial charge in [-0.15, -0.1) is 0 Å². The first-order valence-corrected chi connectivity index (χ1v) is 6.71. The fourth-order valence-electron chi connectivity index (χ4n) is 2.20. The molecule has 18 heavy (non-hydrogen) atoms. The van der Waals surface area contributed by atoms with E-state index in [-0.39, 0.29) is 18.1 Å². The summed E-state index contributed by atoms with van der Waals surface area (Å²) in [5, 5.41) is 6.21. The Morgan fingerprint density at radius 2 is 2.50 bits per heavy atom. The maximum absolute atomic E-state index is 11.8. The Kier molecular flexibility index (Phi) is 5.01. The molecule has 2 aliphatic rings. The van der Waals surface area contributed by atoms with Gasteiger partial charge in [-0.1, -0.05) is 6.92 Å². The SMILES string of the molecule is CCC1=CCC(NC(=O)CC2CNCCO2)CO1. The lowest BCUT2D eigenvalue weighted by Crippen LogP contribution is -2.44. The molecule has 1 saturated heterocycles. The number of ether oxygens (including phenoxy) is 2. The summed E-state index contributed by atoms with van der Waals surface area (Å²) >= 11 is 0. The van der Waals surface area contributed by atoms with Gasteiger partial charge in [0.1, 0.15) is 6.61 Å². The van der Waals surface area contributed by atoms with E-state index in [2.05, 4.69) is 23.6 Å². The van der Waals surface area contributed by atoms with E-state index in [0.29, 0.717) is 19.6 Å². The monoisotopic (exact) mass is 254 g/mol. The summed E-state index contributed by atoms with van der Waals surface area (Å²) in [5.74, 6) is 1.07. The number of amides is 1. The molecule has 0 radical (unpaired) electrons. The van der Waals surface area contributed by atoms with Crippen molar-refractivity contribution in [2.45, 2.75) is 38.3 Å². The Labute approximate surface area is 108 Å². The third-order valence-electron chi connectivity index (χ3n) is 3.23. The second-order valence-electron chi connectivity index (χ2n) is 4.74. The lowest BCUT2D eigenvalue weighted by molar-refractivity contribution is -0.125. The Morgan fingerprint density at radius 1 is 1.61 bits per heavy atom. The fraction of sp³-hybridized carbons (Fsp3) is 0.769. The number of morpholine rings is 1. The zero-order valence-corrected chi connectivity index (χ0v) is 10.9. The molecular weight excluding hydrogens is 232 g/mol. The van der Waals surface area contributed by atoms with Gasteiger partial charge < -0.3 is 20.1 Å². The van der Waals surface area contributed by atoms with Gasteiger partial charge in [-0.2, -0.15) is 0 Å². The highest BCUT2D eigenvalue weighted by atomic mass is 16.5. The van der Waals surface area contributed by atoms with Crippen LogP contribution in [0.15, 0.2) is 11.8 Å². The number of hydrogen-bond donors (Lipinski definition) is 2. The number of hydrogen-bond acceptors (Lipinski definition) is 4. The maximum atomic E-state index is 11.8. The zero-order valence-electron chi connectivity index (χ0n) is 10.9. The van der Waals surface area contributed by atoms with E-state index in [4.69, 9.17) is 9.47 Å². The molecule has 0 saturated carbocycles. The summed E-state index contributed by atoms with van der Waals surface area (Å²) in [4.78, 5) is 11.8. The van der Waals surface area contributed by atoms with E-state index in [1.54, 1.807) is 0 Å². The Bertz CT molecular complexity index is 311. The molecule has 5 heteroatoms. The van der Waals surface area contributed by atoms with Gasteiger partial charge in [0.15, 0.2) is 0 Å². The van der Waals surface area contributed by atoms with E-state index in [9.17, 15) is 4.79 Å². The normalized spacial score (nSPS) is 28.2. The molecule has 2 N–H and O–H groups in total. The highest BCUT2D eigenvalue weighted by Gasteiger charge is 2.21. The Hall–Kier alpha value is -1.07. The predicted octanol–water partition coefficient (Wildman–Crippen LogP) is 0.564. The van der Waals surface area contributed by atoms with Crippen LogP contribution >= 0.6 is 0 Å². The molecule has 0 spiro atoms. The number of carbonyl (C=O) groups is 1. The van der Waals surface area contributed by atoms with Gasteiger partial charge in [-0.25, -0.2) is 0 Å². The standard InChI is InChI=1S/C13H22N2O3/c1-2-11-4-3-10(9-18-11)15-13(16)7-12-8-14-5-6-17-12/h4,10,12,14H,2-3,5-9H2,1H3,(H,15,16). The second-order valence-corrected chi connectivity index (χ2v) is 4.74. The highest BCUT2D eigenvalue weighted by Crippen LogP contribution is 2.13. The van der Waals surface area contributed by atoms with Crippen LogP contribution in [0.3, 0.4) is 0 Å². The third kappa shape index (κ3) is 3.99. The second kappa shape index (κ2) is 6.75. The number of nitrogens with one attached hydrogen (secondary N) is 2. The fourth-order valence-corrected chi connectivity index (χ4v) is 2.20. The zero-order chi connectivity index (χ0) is 12.8.